The van der Waals surface area contributed by atoms with Gasteiger partial charge in [0.15, 0.2) is 0 Å². The molecule has 0 heterocycles. The third-order valence-electron chi connectivity index (χ3n) is 3.47. The maximum Gasteiger partial charge on any atom is 0.335 e. The van der Waals surface area contributed by atoms with Crippen molar-refractivity contribution in [3.8, 4) is 11.5 Å². The number of rotatable bonds is 11. The van der Waals surface area contributed by atoms with Gasteiger partial charge >= 0.3 is 11.9 Å². The van der Waals surface area contributed by atoms with Gasteiger partial charge in [-0.15, -0.1) is 0 Å². The summed E-state index contributed by atoms with van der Waals surface area (Å²) in [6, 6.07) is 12.1. The molecule has 0 unspecified atom stereocenters. The monoisotopic (exact) mass is 432 g/mol. The minimum atomic E-state index is -0.986. The Kier molecular flexibility index (Phi) is 14.7. The standard InChI is InChI=1S/C16H14O6.C5H8O2.CH2O/c17-15(18)11-1-5-13(6-2-11)21-9-10-22-14-7-3-12(4-8-14)16(19)20;6-4-2-1-3-5-7;1-2/h1-8H,9-10H2,(H,17,18)(H,19,20);4-5H,1-3H2;1H2. The second-order valence-electron chi connectivity index (χ2n) is 5.62. The van der Waals surface area contributed by atoms with Gasteiger partial charge in [-0.3, -0.25) is 0 Å². The van der Waals surface area contributed by atoms with Crippen LogP contribution in [0.15, 0.2) is 48.5 Å². The summed E-state index contributed by atoms with van der Waals surface area (Å²) in [6.07, 6.45) is 3.37. The molecule has 0 saturated heterocycles. The zero-order valence-corrected chi connectivity index (χ0v) is 16.8. The van der Waals surface area contributed by atoms with E-state index in [1.54, 1.807) is 24.3 Å². The van der Waals surface area contributed by atoms with Crippen molar-refractivity contribution in [3.63, 3.8) is 0 Å². The molecule has 0 amide bonds. The van der Waals surface area contributed by atoms with Gasteiger partial charge in [-0.05, 0) is 55.0 Å². The smallest absolute Gasteiger partial charge is 0.335 e. The lowest BCUT2D eigenvalue weighted by molar-refractivity contribution is -0.109. The van der Waals surface area contributed by atoms with Crippen molar-refractivity contribution in [1.82, 2.24) is 0 Å². The van der Waals surface area contributed by atoms with Crippen LogP contribution in [0.2, 0.25) is 0 Å². The van der Waals surface area contributed by atoms with Crippen LogP contribution in [-0.2, 0) is 14.4 Å². The van der Waals surface area contributed by atoms with Gasteiger partial charge in [0.25, 0.3) is 0 Å². The highest BCUT2D eigenvalue weighted by Crippen LogP contribution is 2.14. The van der Waals surface area contributed by atoms with Crippen molar-refractivity contribution in [3.05, 3.63) is 59.7 Å². The number of benzene rings is 2. The molecule has 166 valence electrons. The predicted octanol–water partition coefficient (Wildman–Crippen LogP) is 2.91. The van der Waals surface area contributed by atoms with Crippen LogP contribution in [0.4, 0.5) is 0 Å². The van der Waals surface area contributed by atoms with Crippen molar-refractivity contribution in [2.45, 2.75) is 19.3 Å². The van der Waals surface area contributed by atoms with E-state index in [0.717, 1.165) is 12.6 Å². The summed E-state index contributed by atoms with van der Waals surface area (Å²) < 4.78 is 10.8. The van der Waals surface area contributed by atoms with Crippen LogP contribution < -0.4 is 9.47 Å². The molecule has 2 rings (SSSR count). The molecule has 31 heavy (non-hydrogen) atoms. The Hall–Kier alpha value is -4.01. The zero-order chi connectivity index (χ0) is 23.5. The SMILES string of the molecule is C=O.O=C(O)c1ccc(OCCOc2ccc(C(=O)O)cc2)cc1.O=CCCCC=O. The Balaban J connectivity index is 0.000000852. The Labute approximate surface area is 179 Å². The number of carbonyl (C=O) groups is 5. The van der Waals surface area contributed by atoms with Gasteiger partial charge in [-0.25, -0.2) is 9.59 Å². The summed E-state index contributed by atoms with van der Waals surface area (Å²) in [6.45, 7) is 2.57. The Bertz CT molecular complexity index is 731. The molecule has 0 spiro atoms. The average Bonchev–Trinajstić information content (AvgIpc) is 2.79. The average molecular weight is 432 g/mol. The maximum atomic E-state index is 10.7. The summed E-state index contributed by atoms with van der Waals surface area (Å²) in [4.78, 5) is 48.5. The van der Waals surface area contributed by atoms with Crippen LogP contribution in [0.3, 0.4) is 0 Å². The number of hydrogen-bond acceptors (Lipinski definition) is 7. The first-order valence-electron chi connectivity index (χ1n) is 9.06. The fraction of sp³-hybridized carbons (Fsp3) is 0.227. The number of carbonyl (C=O) groups excluding carboxylic acids is 3. The molecular weight excluding hydrogens is 408 g/mol. The second kappa shape index (κ2) is 16.9. The Morgan fingerprint density at radius 1 is 0.710 bits per heavy atom. The highest BCUT2D eigenvalue weighted by Gasteiger charge is 2.03. The Morgan fingerprint density at radius 2 is 1.03 bits per heavy atom. The molecule has 0 aliphatic heterocycles. The van der Waals surface area contributed by atoms with Crippen molar-refractivity contribution < 1.29 is 43.7 Å². The van der Waals surface area contributed by atoms with Crippen molar-refractivity contribution in [1.29, 1.82) is 0 Å². The van der Waals surface area contributed by atoms with E-state index in [9.17, 15) is 19.2 Å². The number of ether oxygens (including phenoxy) is 2. The van der Waals surface area contributed by atoms with Gasteiger partial charge in [-0.1, -0.05) is 0 Å². The van der Waals surface area contributed by atoms with E-state index in [1.165, 1.54) is 24.3 Å². The number of unbranched alkanes of at least 4 members (excludes halogenated alkanes) is 2. The van der Waals surface area contributed by atoms with Gasteiger partial charge in [-0.2, -0.15) is 0 Å². The van der Waals surface area contributed by atoms with Gasteiger partial charge < -0.3 is 34.1 Å². The van der Waals surface area contributed by atoms with E-state index < -0.39 is 11.9 Å². The van der Waals surface area contributed by atoms with E-state index in [0.29, 0.717) is 30.8 Å². The first-order valence-corrected chi connectivity index (χ1v) is 9.06. The molecule has 0 aliphatic carbocycles. The van der Waals surface area contributed by atoms with E-state index in [1.807, 2.05) is 6.79 Å². The van der Waals surface area contributed by atoms with Crippen LogP contribution in [-0.4, -0.2) is 54.7 Å². The molecule has 0 aromatic heterocycles. The van der Waals surface area contributed by atoms with Gasteiger partial charge in [0, 0.05) is 12.8 Å². The fourth-order valence-corrected chi connectivity index (χ4v) is 1.99. The van der Waals surface area contributed by atoms with Gasteiger partial charge in [0.1, 0.15) is 44.1 Å². The molecule has 0 fully saturated rings. The third kappa shape index (κ3) is 12.2. The van der Waals surface area contributed by atoms with Crippen LogP contribution >= 0.6 is 0 Å². The normalized spacial score (nSPS) is 9.03. The molecule has 0 bridgehead atoms. The molecule has 0 aliphatic rings. The summed E-state index contributed by atoms with van der Waals surface area (Å²) >= 11 is 0. The van der Waals surface area contributed by atoms with Crippen molar-refractivity contribution in [2.24, 2.45) is 0 Å². The molecular formula is C22H24O9. The van der Waals surface area contributed by atoms with E-state index in [4.69, 9.17) is 24.5 Å². The van der Waals surface area contributed by atoms with Crippen LogP contribution in [0.25, 0.3) is 0 Å². The van der Waals surface area contributed by atoms with Crippen LogP contribution in [0.5, 0.6) is 11.5 Å². The summed E-state index contributed by atoms with van der Waals surface area (Å²) in [7, 11) is 0. The largest absolute Gasteiger partial charge is 0.490 e. The van der Waals surface area contributed by atoms with Crippen molar-refractivity contribution >= 4 is 31.3 Å². The molecule has 2 aromatic rings. The molecule has 9 heteroatoms. The molecule has 2 aromatic carbocycles. The van der Waals surface area contributed by atoms with E-state index in [2.05, 4.69) is 0 Å². The molecule has 0 radical (unpaired) electrons. The number of aldehydes is 2. The highest BCUT2D eigenvalue weighted by atomic mass is 16.5. The van der Waals surface area contributed by atoms with Crippen LogP contribution in [0.1, 0.15) is 40.0 Å². The lowest BCUT2D eigenvalue weighted by Gasteiger charge is -2.08. The van der Waals surface area contributed by atoms with Crippen molar-refractivity contribution in [2.75, 3.05) is 13.2 Å². The van der Waals surface area contributed by atoms with E-state index >= 15 is 0 Å². The first-order chi connectivity index (χ1) is 15.0. The Morgan fingerprint density at radius 3 is 1.29 bits per heavy atom. The minimum Gasteiger partial charge on any atom is -0.490 e. The summed E-state index contributed by atoms with van der Waals surface area (Å²) in [5, 5.41) is 17.5. The predicted molar refractivity (Wildman–Crippen MR) is 111 cm³/mol. The van der Waals surface area contributed by atoms with Gasteiger partial charge in [0.2, 0.25) is 0 Å². The van der Waals surface area contributed by atoms with Gasteiger partial charge in [0.05, 0.1) is 11.1 Å². The van der Waals surface area contributed by atoms with E-state index in [-0.39, 0.29) is 24.3 Å². The number of carboxylic acids is 2. The number of hydrogen-bond donors (Lipinski definition) is 2. The maximum absolute atomic E-state index is 10.7. The quantitative estimate of drug-likeness (QED) is 0.404. The fourth-order valence-electron chi connectivity index (χ4n) is 1.99. The lowest BCUT2D eigenvalue weighted by Crippen LogP contribution is -2.09. The van der Waals surface area contributed by atoms with Crippen LogP contribution in [0, 0.1) is 0 Å². The third-order valence-corrected chi connectivity index (χ3v) is 3.47. The zero-order valence-electron chi connectivity index (χ0n) is 16.8. The lowest BCUT2D eigenvalue weighted by atomic mass is 10.2. The summed E-state index contributed by atoms with van der Waals surface area (Å²) in [5.41, 5.74) is 0.393. The molecule has 9 nitrogen and oxygen atoms in total. The first kappa shape index (κ1) is 27.0. The highest BCUT2D eigenvalue weighted by molar-refractivity contribution is 5.88. The number of carboxylic acid groups (broad SMARTS) is 2. The number of aromatic carboxylic acids is 2. The minimum absolute atomic E-state index is 0.196. The topological polar surface area (TPSA) is 144 Å². The molecule has 0 saturated carbocycles. The summed E-state index contributed by atoms with van der Waals surface area (Å²) in [5.74, 6) is -0.871. The second-order valence-corrected chi connectivity index (χ2v) is 5.62. The molecule has 2 N–H and O–H groups in total. The molecule has 0 atom stereocenters.